The number of fused-ring (bicyclic) bond motifs is 1. The lowest BCUT2D eigenvalue weighted by Gasteiger charge is -2.11. The van der Waals surface area contributed by atoms with E-state index in [1.54, 1.807) is 0 Å². The van der Waals surface area contributed by atoms with E-state index in [0.717, 1.165) is 44.5 Å². The standard InChI is InChI=1S/C14H22N4O/c19-14(12-4-3-7-15-12)16-8-6-11-10-18-9-2-1-5-13(18)17-11/h10,12,15H,1-9H2,(H,16,19). The second-order valence-corrected chi connectivity index (χ2v) is 5.49. The zero-order valence-corrected chi connectivity index (χ0v) is 11.3. The van der Waals surface area contributed by atoms with E-state index in [-0.39, 0.29) is 11.9 Å². The highest BCUT2D eigenvalue weighted by Gasteiger charge is 2.21. The molecular weight excluding hydrogens is 240 g/mol. The Morgan fingerprint density at radius 2 is 2.42 bits per heavy atom. The molecule has 0 spiro atoms. The minimum absolute atomic E-state index is 0.0233. The number of rotatable bonds is 4. The minimum atomic E-state index is 0.0233. The Morgan fingerprint density at radius 3 is 3.21 bits per heavy atom. The van der Waals surface area contributed by atoms with Crippen molar-refractivity contribution in [3.8, 4) is 0 Å². The van der Waals surface area contributed by atoms with Gasteiger partial charge in [0.15, 0.2) is 0 Å². The molecule has 1 amide bonds. The Balaban J connectivity index is 1.46. The molecule has 2 aliphatic heterocycles. The van der Waals surface area contributed by atoms with E-state index < -0.39 is 0 Å². The number of nitrogens with zero attached hydrogens (tertiary/aromatic N) is 2. The Morgan fingerprint density at radius 1 is 1.47 bits per heavy atom. The Hall–Kier alpha value is -1.36. The lowest BCUT2D eigenvalue weighted by atomic mass is 10.2. The van der Waals surface area contributed by atoms with E-state index in [1.807, 2.05) is 0 Å². The summed E-state index contributed by atoms with van der Waals surface area (Å²) in [6.07, 6.45) is 8.65. The monoisotopic (exact) mass is 262 g/mol. The Bertz CT molecular complexity index is 425. The van der Waals surface area contributed by atoms with Gasteiger partial charge in [-0.15, -0.1) is 0 Å². The summed E-state index contributed by atoms with van der Waals surface area (Å²) < 4.78 is 2.26. The number of hydrogen-bond donors (Lipinski definition) is 2. The fourth-order valence-electron chi connectivity index (χ4n) is 2.94. The van der Waals surface area contributed by atoms with Gasteiger partial charge in [-0.25, -0.2) is 4.98 Å². The van der Waals surface area contributed by atoms with Crippen molar-refractivity contribution in [3.63, 3.8) is 0 Å². The molecule has 0 aliphatic carbocycles. The second kappa shape index (κ2) is 5.74. The van der Waals surface area contributed by atoms with Gasteiger partial charge in [0, 0.05) is 32.1 Å². The zero-order chi connectivity index (χ0) is 13.1. The lowest BCUT2D eigenvalue weighted by molar-refractivity contribution is -0.122. The molecule has 0 bridgehead atoms. The number of imidazole rings is 1. The van der Waals surface area contributed by atoms with E-state index in [1.165, 1.54) is 18.7 Å². The molecule has 1 atom stereocenters. The van der Waals surface area contributed by atoms with E-state index in [2.05, 4.69) is 26.4 Å². The SMILES string of the molecule is O=C(NCCc1cn2c(n1)CCCC2)C1CCCN1. The Kier molecular flexibility index (Phi) is 3.82. The van der Waals surface area contributed by atoms with Crippen LogP contribution in [0.2, 0.25) is 0 Å². The number of carbonyl (C=O) groups is 1. The largest absolute Gasteiger partial charge is 0.354 e. The molecule has 3 rings (SSSR count). The molecule has 104 valence electrons. The van der Waals surface area contributed by atoms with Crippen LogP contribution in [0.25, 0.3) is 0 Å². The van der Waals surface area contributed by atoms with Gasteiger partial charge in [-0.05, 0) is 32.2 Å². The summed E-state index contributed by atoms with van der Waals surface area (Å²) in [5, 5.41) is 6.22. The fourth-order valence-corrected chi connectivity index (χ4v) is 2.94. The average Bonchev–Trinajstić information content (AvgIpc) is 3.07. The molecule has 0 saturated carbocycles. The molecular formula is C14H22N4O. The molecule has 19 heavy (non-hydrogen) atoms. The van der Waals surface area contributed by atoms with E-state index in [0.29, 0.717) is 6.54 Å². The van der Waals surface area contributed by atoms with Crippen LogP contribution < -0.4 is 10.6 Å². The molecule has 2 aliphatic rings. The third-order valence-electron chi connectivity index (χ3n) is 4.02. The Labute approximate surface area is 113 Å². The highest BCUT2D eigenvalue weighted by atomic mass is 16.2. The van der Waals surface area contributed by atoms with Gasteiger partial charge in [0.25, 0.3) is 0 Å². The van der Waals surface area contributed by atoms with Crippen molar-refractivity contribution >= 4 is 5.91 Å². The molecule has 0 radical (unpaired) electrons. The van der Waals surface area contributed by atoms with Crippen molar-refractivity contribution in [1.29, 1.82) is 0 Å². The van der Waals surface area contributed by atoms with Crippen LogP contribution in [0.5, 0.6) is 0 Å². The van der Waals surface area contributed by atoms with Gasteiger partial charge in [0.2, 0.25) is 5.91 Å². The predicted octanol–water partition coefficient (Wildman–Crippen LogP) is 0.630. The topological polar surface area (TPSA) is 59.0 Å². The summed E-state index contributed by atoms with van der Waals surface area (Å²) in [7, 11) is 0. The first-order valence-corrected chi connectivity index (χ1v) is 7.39. The number of hydrogen-bond acceptors (Lipinski definition) is 3. The quantitative estimate of drug-likeness (QED) is 0.837. The molecule has 1 unspecified atom stereocenters. The number of carbonyl (C=O) groups excluding carboxylic acids is 1. The van der Waals surface area contributed by atoms with E-state index >= 15 is 0 Å². The summed E-state index contributed by atoms with van der Waals surface area (Å²) in [6, 6.07) is 0.0233. The van der Waals surface area contributed by atoms with Crippen molar-refractivity contribution in [2.24, 2.45) is 0 Å². The van der Waals surface area contributed by atoms with Crippen LogP contribution >= 0.6 is 0 Å². The molecule has 5 heteroatoms. The van der Waals surface area contributed by atoms with Crippen LogP contribution in [0, 0.1) is 0 Å². The maximum Gasteiger partial charge on any atom is 0.237 e. The molecule has 1 aromatic rings. The summed E-state index contributed by atoms with van der Waals surface area (Å²) >= 11 is 0. The van der Waals surface area contributed by atoms with Crippen LogP contribution in [0.15, 0.2) is 6.20 Å². The molecule has 1 saturated heterocycles. The highest BCUT2D eigenvalue weighted by molar-refractivity contribution is 5.81. The lowest BCUT2D eigenvalue weighted by Crippen LogP contribution is -2.41. The van der Waals surface area contributed by atoms with Crippen LogP contribution in [-0.2, 0) is 24.2 Å². The molecule has 0 aromatic carbocycles. The van der Waals surface area contributed by atoms with Crippen LogP contribution in [0.1, 0.15) is 37.2 Å². The summed E-state index contributed by atoms with van der Waals surface area (Å²) in [5.41, 5.74) is 1.11. The summed E-state index contributed by atoms with van der Waals surface area (Å²) in [6.45, 7) is 2.75. The van der Waals surface area contributed by atoms with Crippen molar-refractivity contribution in [1.82, 2.24) is 20.2 Å². The third kappa shape index (κ3) is 2.97. The first kappa shape index (κ1) is 12.7. The smallest absolute Gasteiger partial charge is 0.237 e. The van der Waals surface area contributed by atoms with E-state index in [9.17, 15) is 4.79 Å². The third-order valence-corrected chi connectivity index (χ3v) is 4.02. The van der Waals surface area contributed by atoms with Crippen molar-refractivity contribution in [3.05, 3.63) is 17.7 Å². The predicted molar refractivity (Wildman–Crippen MR) is 72.9 cm³/mol. The van der Waals surface area contributed by atoms with Gasteiger partial charge < -0.3 is 15.2 Å². The van der Waals surface area contributed by atoms with Crippen LogP contribution in [-0.4, -0.2) is 34.6 Å². The summed E-state index contributed by atoms with van der Waals surface area (Å²) in [5.74, 6) is 1.35. The average molecular weight is 262 g/mol. The van der Waals surface area contributed by atoms with Gasteiger partial charge in [-0.3, -0.25) is 4.79 Å². The van der Waals surface area contributed by atoms with Crippen molar-refractivity contribution in [2.75, 3.05) is 13.1 Å². The maximum absolute atomic E-state index is 11.8. The number of aromatic nitrogens is 2. The zero-order valence-electron chi connectivity index (χ0n) is 11.3. The van der Waals surface area contributed by atoms with Gasteiger partial charge in [0.05, 0.1) is 11.7 Å². The molecule has 5 nitrogen and oxygen atoms in total. The molecule has 2 N–H and O–H groups in total. The second-order valence-electron chi connectivity index (χ2n) is 5.49. The number of nitrogens with one attached hydrogen (secondary N) is 2. The van der Waals surface area contributed by atoms with Crippen molar-refractivity contribution < 1.29 is 4.79 Å². The number of aryl methyl sites for hydroxylation is 2. The normalized spacial score (nSPS) is 22.2. The highest BCUT2D eigenvalue weighted by Crippen LogP contribution is 2.14. The summed E-state index contributed by atoms with van der Waals surface area (Å²) in [4.78, 5) is 16.5. The van der Waals surface area contributed by atoms with Crippen LogP contribution in [0.3, 0.4) is 0 Å². The first-order valence-electron chi connectivity index (χ1n) is 7.39. The first-order chi connectivity index (χ1) is 9.33. The van der Waals surface area contributed by atoms with Gasteiger partial charge in [0.1, 0.15) is 5.82 Å². The molecule has 1 fully saturated rings. The van der Waals surface area contributed by atoms with Crippen molar-refractivity contribution in [2.45, 2.75) is 51.1 Å². The fraction of sp³-hybridized carbons (Fsp3) is 0.714. The van der Waals surface area contributed by atoms with Gasteiger partial charge >= 0.3 is 0 Å². The molecule has 3 heterocycles. The number of amides is 1. The minimum Gasteiger partial charge on any atom is -0.354 e. The molecule has 1 aromatic heterocycles. The van der Waals surface area contributed by atoms with Crippen LogP contribution in [0.4, 0.5) is 0 Å². The maximum atomic E-state index is 11.8. The van der Waals surface area contributed by atoms with Gasteiger partial charge in [-0.1, -0.05) is 0 Å². The van der Waals surface area contributed by atoms with E-state index in [4.69, 9.17) is 0 Å². The van der Waals surface area contributed by atoms with Gasteiger partial charge in [-0.2, -0.15) is 0 Å².